The lowest BCUT2D eigenvalue weighted by molar-refractivity contribution is -0.114. The smallest absolute Gasteiger partial charge is 0.235 e. The first-order valence-electron chi connectivity index (χ1n) is 5.94. The van der Waals surface area contributed by atoms with Gasteiger partial charge in [-0.1, -0.05) is 12.1 Å². The monoisotopic (exact) mass is 268 g/mol. The Balaban J connectivity index is 2.25. The molecule has 0 fully saturated rings. The highest BCUT2D eigenvalue weighted by Gasteiger charge is 2.18. The van der Waals surface area contributed by atoms with Crippen LogP contribution in [0.5, 0.6) is 0 Å². The number of carbonyl (C=O) groups excluding carboxylic acids is 3. The summed E-state index contributed by atoms with van der Waals surface area (Å²) in [4.78, 5) is 38.9. The van der Waals surface area contributed by atoms with Crippen molar-refractivity contribution in [2.24, 2.45) is 0 Å². The molecule has 1 aromatic carbocycles. The molecule has 1 N–H and O–H groups in total. The van der Waals surface area contributed by atoms with E-state index in [1.54, 1.807) is 18.2 Å². The molecule has 0 bridgehead atoms. The highest BCUT2D eigenvalue weighted by molar-refractivity contribution is 6.49. The summed E-state index contributed by atoms with van der Waals surface area (Å²) >= 11 is 0. The van der Waals surface area contributed by atoms with Crippen LogP contribution in [-0.2, 0) is 4.79 Å². The lowest BCUT2D eigenvalue weighted by Crippen LogP contribution is -2.15. The van der Waals surface area contributed by atoms with Gasteiger partial charge in [0.05, 0.1) is 0 Å². The minimum Gasteiger partial charge on any atom is -0.326 e. The van der Waals surface area contributed by atoms with E-state index in [4.69, 9.17) is 0 Å². The summed E-state index contributed by atoms with van der Waals surface area (Å²) < 4.78 is 0. The molecular weight excluding hydrogens is 256 g/mol. The number of ketones is 2. The zero-order valence-electron chi connectivity index (χ0n) is 10.8. The van der Waals surface area contributed by atoms with Gasteiger partial charge in [-0.3, -0.25) is 19.4 Å². The summed E-state index contributed by atoms with van der Waals surface area (Å²) in [6, 6.07) is 9.38. The molecule has 0 unspecified atom stereocenters. The standard InChI is InChI=1S/C15H12N2O3/c1-10(18)17-13-6-2-4-11(8-13)14(19)15(20)12-5-3-7-16-9-12/h2-9H,1H3,(H,17,18). The predicted octanol–water partition coefficient (Wildman–Crippen LogP) is 2.11. The summed E-state index contributed by atoms with van der Waals surface area (Å²) in [5.41, 5.74) is 0.940. The number of nitrogens with zero attached hydrogens (tertiary/aromatic N) is 1. The molecule has 0 aliphatic heterocycles. The number of amides is 1. The number of Topliss-reactive ketones (excluding diaryl/α,β-unsaturated/α-hetero) is 2. The lowest BCUT2D eigenvalue weighted by Gasteiger charge is -2.04. The van der Waals surface area contributed by atoms with E-state index >= 15 is 0 Å². The highest BCUT2D eigenvalue weighted by atomic mass is 16.2. The molecule has 5 heteroatoms. The Bertz CT molecular complexity index is 666. The molecule has 2 rings (SSSR count). The normalized spacial score (nSPS) is 9.85. The fourth-order valence-electron chi connectivity index (χ4n) is 1.70. The van der Waals surface area contributed by atoms with Crippen molar-refractivity contribution < 1.29 is 14.4 Å². The van der Waals surface area contributed by atoms with Gasteiger partial charge in [0.25, 0.3) is 0 Å². The first-order valence-corrected chi connectivity index (χ1v) is 5.94. The largest absolute Gasteiger partial charge is 0.326 e. The Morgan fingerprint density at radius 3 is 2.35 bits per heavy atom. The van der Waals surface area contributed by atoms with Crippen LogP contribution in [0.1, 0.15) is 27.6 Å². The summed E-state index contributed by atoms with van der Waals surface area (Å²) in [6.07, 6.45) is 2.87. The molecule has 0 atom stereocenters. The van der Waals surface area contributed by atoms with Crippen molar-refractivity contribution in [1.82, 2.24) is 4.98 Å². The summed E-state index contributed by atoms with van der Waals surface area (Å²) in [7, 11) is 0. The van der Waals surface area contributed by atoms with Crippen LogP contribution in [0.15, 0.2) is 48.8 Å². The van der Waals surface area contributed by atoms with Crippen LogP contribution < -0.4 is 5.32 Å². The maximum absolute atomic E-state index is 12.1. The third-order valence-corrected chi connectivity index (χ3v) is 2.58. The van der Waals surface area contributed by atoms with Gasteiger partial charge in [0.1, 0.15) is 0 Å². The number of hydrogen-bond donors (Lipinski definition) is 1. The molecule has 1 aromatic heterocycles. The molecule has 0 aliphatic carbocycles. The molecule has 5 nitrogen and oxygen atoms in total. The van der Waals surface area contributed by atoms with Gasteiger partial charge in [0.15, 0.2) is 0 Å². The van der Waals surface area contributed by atoms with Gasteiger partial charge >= 0.3 is 0 Å². The van der Waals surface area contributed by atoms with Crippen LogP contribution in [0.25, 0.3) is 0 Å². The van der Waals surface area contributed by atoms with Crippen molar-refractivity contribution in [2.45, 2.75) is 6.92 Å². The van der Waals surface area contributed by atoms with Gasteiger partial charge in [-0.2, -0.15) is 0 Å². The average Bonchev–Trinajstić information content (AvgIpc) is 2.46. The Morgan fingerprint density at radius 1 is 1.00 bits per heavy atom. The Morgan fingerprint density at radius 2 is 1.70 bits per heavy atom. The molecule has 20 heavy (non-hydrogen) atoms. The van der Waals surface area contributed by atoms with E-state index in [0.29, 0.717) is 5.69 Å². The van der Waals surface area contributed by atoms with Crippen molar-refractivity contribution in [3.8, 4) is 0 Å². The summed E-state index contributed by atoms with van der Waals surface area (Å²) in [5, 5.41) is 2.56. The number of pyridine rings is 1. The van der Waals surface area contributed by atoms with E-state index in [0.717, 1.165) is 0 Å². The van der Waals surface area contributed by atoms with Crippen LogP contribution >= 0.6 is 0 Å². The molecule has 0 aliphatic rings. The van der Waals surface area contributed by atoms with Gasteiger partial charge in [-0.25, -0.2) is 0 Å². The molecule has 1 heterocycles. The van der Waals surface area contributed by atoms with Crippen molar-refractivity contribution in [3.05, 3.63) is 59.9 Å². The fraction of sp³-hybridized carbons (Fsp3) is 0.0667. The van der Waals surface area contributed by atoms with Gasteiger partial charge in [0.2, 0.25) is 17.5 Å². The number of anilines is 1. The molecule has 1 amide bonds. The molecule has 0 spiro atoms. The zero-order valence-corrected chi connectivity index (χ0v) is 10.8. The van der Waals surface area contributed by atoms with Crippen molar-refractivity contribution in [3.63, 3.8) is 0 Å². The van der Waals surface area contributed by atoms with E-state index in [1.807, 2.05) is 0 Å². The van der Waals surface area contributed by atoms with E-state index in [1.165, 1.54) is 37.5 Å². The second-order valence-corrected chi connectivity index (χ2v) is 4.16. The van der Waals surface area contributed by atoms with E-state index in [2.05, 4.69) is 10.3 Å². The van der Waals surface area contributed by atoms with Crippen LogP contribution in [0, 0.1) is 0 Å². The Kier molecular flexibility index (Phi) is 4.00. The van der Waals surface area contributed by atoms with Crippen LogP contribution in [0.2, 0.25) is 0 Å². The van der Waals surface area contributed by atoms with Gasteiger partial charge in [-0.05, 0) is 24.3 Å². The third-order valence-electron chi connectivity index (χ3n) is 2.58. The second kappa shape index (κ2) is 5.88. The van der Waals surface area contributed by atoms with E-state index in [9.17, 15) is 14.4 Å². The van der Waals surface area contributed by atoms with Crippen LogP contribution in [0.4, 0.5) is 5.69 Å². The first-order chi connectivity index (χ1) is 9.58. The number of nitrogens with one attached hydrogen (secondary N) is 1. The van der Waals surface area contributed by atoms with Gasteiger partial charge in [0, 0.05) is 36.1 Å². The lowest BCUT2D eigenvalue weighted by atomic mass is 10.0. The predicted molar refractivity (Wildman–Crippen MR) is 73.6 cm³/mol. The number of carbonyl (C=O) groups is 3. The molecule has 0 radical (unpaired) electrons. The first kappa shape index (κ1) is 13.6. The van der Waals surface area contributed by atoms with Crippen molar-refractivity contribution >= 4 is 23.2 Å². The zero-order chi connectivity index (χ0) is 14.5. The minimum atomic E-state index is -0.634. The number of benzene rings is 1. The van der Waals surface area contributed by atoms with Gasteiger partial charge in [-0.15, -0.1) is 0 Å². The summed E-state index contributed by atoms with van der Waals surface area (Å²) in [6.45, 7) is 1.37. The number of hydrogen-bond acceptors (Lipinski definition) is 4. The average molecular weight is 268 g/mol. The van der Waals surface area contributed by atoms with Crippen LogP contribution in [-0.4, -0.2) is 22.5 Å². The van der Waals surface area contributed by atoms with E-state index < -0.39 is 11.6 Å². The topological polar surface area (TPSA) is 76.1 Å². The third kappa shape index (κ3) is 3.14. The molecule has 100 valence electrons. The highest BCUT2D eigenvalue weighted by Crippen LogP contribution is 2.13. The number of rotatable bonds is 4. The van der Waals surface area contributed by atoms with Crippen molar-refractivity contribution in [1.29, 1.82) is 0 Å². The summed E-state index contributed by atoms with van der Waals surface area (Å²) in [5.74, 6) is -1.50. The Labute approximate surface area is 115 Å². The quantitative estimate of drug-likeness (QED) is 0.680. The molecule has 0 saturated carbocycles. The maximum atomic E-state index is 12.1. The maximum Gasteiger partial charge on any atom is 0.235 e. The number of aromatic nitrogens is 1. The van der Waals surface area contributed by atoms with E-state index in [-0.39, 0.29) is 17.0 Å². The van der Waals surface area contributed by atoms with Crippen LogP contribution in [0.3, 0.4) is 0 Å². The second-order valence-electron chi connectivity index (χ2n) is 4.16. The minimum absolute atomic E-state index is 0.227. The molecule has 0 saturated heterocycles. The molecule has 2 aromatic rings. The molecular formula is C15H12N2O3. The fourth-order valence-corrected chi connectivity index (χ4v) is 1.70. The van der Waals surface area contributed by atoms with Gasteiger partial charge < -0.3 is 5.32 Å². The Hall–Kier alpha value is -2.82. The SMILES string of the molecule is CC(=O)Nc1cccc(C(=O)C(=O)c2cccnc2)c1. The van der Waals surface area contributed by atoms with Crippen molar-refractivity contribution in [2.75, 3.05) is 5.32 Å².